The van der Waals surface area contributed by atoms with Gasteiger partial charge in [0.05, 0.1) is 38.8 Å². The third-order valence-electron chi connectivity index (χ3n) is 4.41. The molecular weight excluding hydrogens is 476 g/mol. The van der Waals surface area contributed by atoms with Crippen molar-refractivity contribution in [3.8, 4) is 0 Å². The number of nitrogens with one attached hydrogen (secondary N) is 2. The molecule has 0 aromatic heterocycles. The van der Waals surface area contributed by atoms with Crippen molar-refractivity contribution in [2.24, 2.45) is 0 Å². The number of non-ortho nitro benzene ring substituents is 1. The summed E-state index contributed by atoms with van der Waals surface area (Å²) in [6.45, 7) is 1.14. The van der Waals surface area contributed by atoms with Crippen molar-refractivity contribution in [1.82, 2.24) is 4.90 Å². The molecule has 0 aliphatic rings. The lowest BCUT2D eigenvalue weighted by atomic mass is 10.2. The van der Waals surface area contributed by atoms with E-state index < -0.39 is 39.5 Å². The molecule has 0 unspecified atom stereocenters. The van der Waals surface area contributed by atoms with Crippen molar-refractivity contribution in [3.05, 3.63) is 62.1 Å². The first-order valence-corrected chi connectivity index (χ1v) is 9.67. The minimum atomic E-state index is -4.69. The van der Waals surface area contributed by atoms with Gasteiger partial charge in [-0.2, -0.15) is 13.2 Å². The Balaban J connectivity index is 2.02. The Kier molecular flexibility index (Phi) is 8.05. The van der Waals surface area contributed by atoms with Gasteiger partial charge < -0.3 is 10.6 Å². The molecule has 0 fully saturated rings. The van der Waals surface area contributed by atoms with Crippen molar-refractivity contribution in [3.63, 3.8) is 0 Å². The van der Waals surface area contributed by atoms with Gasteiger partial charge in [0, 0.05) is 17.8 Å². The summed E-state index contributed by atoms with van der Waals surface area (Å²) >= 11 is 11.5. The van der Waals surface area contributed by atoms with Gasteiger partial charge in [0.25, 0.3) is 5.69 Å². The monoisotopic (exact) mass is 492 g/mol. The molecular formula is C19H17Cl2F3N4O4. The predicted molar refractivity (Wildman–Crippen MR) is 114 cm³/mol. The summed E-state index contributed by atoms with van der Waals surface area (Å²) in [6, 6.07) is 5.60. The molecule has 2 aromatic carbocycles. The second kappa shape index (κ2) is 10.2. The average molecular weight is 493 g/mol. The fraction of sp³-hybridized carbons (Fsp3) is 0.263. The standard InChI is InChI=1S/C19H17Cl2F3N4O4/c1-10(18(30)26-16-8-12(28(31)32)4-6-15(16)21)27(2)9-17(29)25-11-3-5-14(20)13(7-11)19(22,23)24/h3-8,10H,9H2,1-2H3,(H,25,29)(H,26,30)/t10-/m0/s1. The van der Waals surface area contributed by atoms with Crippen LogP contribution in [0.2, 0.25) is 10.0 Å². The molecule has 2 amide bonds. The molecule has 2 N–H and O–H groups in total. The Morgan fingerprint density at radius 2 is 1.75 bits per heavy atom. The van der Waals surface area contributed by atoms with Crippen molar-refractivity contribution in [2.75, 3.05) is 24.2 Å². The topological polar surface area (TPSA) is 105 Å². The van der Waals surface area contributed by atoms with E-state index in [4.69, 9.17) is 23.2 Å². The zero-order valence-electron chi connectivity index (χ0n) is 16.7. The van der Waals surface area contributed by atoms with E-state index in [2.05, 4.69) is 10.6 Å². The van der Waals surface area contributed by atoms with E-state index in [-0.39, 0.29) is 28.6 Å². The highest BCUT2D eigenvalue weighted by Crippen LogP contribution is 2.36. The quantitative estimate of drug-likeness (QED) is 0.425. The first kappa shape index (κ1) is 25.4. The van der Waals surface area contributed by atoms with Gasteiger partial charge in [-0.3, -0.25) is 24.6 Å². The largest absolute Gasteiger partial charge is 0.417 e. The predicted octanol–water partition coefficient (Wildman–Crippen LogP) is 4.82. The lowest BCUT2D eigenvalue weighted by molar-refractivity contribution is -0.384. The van der Waals surface area contributed by atoms with E-state index in [1.54, 1.807) is 0 Å². The minimum Gasteiger partial charge on any atom is -0.325 e. The van der Waals surface area contributed by atoms with Gasteiger partial charge >= 0.3 is 6.18 Å². The Labute approximate surface area is 190 Å². The number of nitro benzene ring substituents is 1. The molecule has 1 atom stereocenters. The lowest BCUT2D eigenvalue weighted by Crippen LogP contribution is -2.43. The van der Waals surface area contributed by atoms with Crippen molar-refractivity contribution < 1.29 is 27.7 Å². The molecule has 0 saturated carbocycles. The number of likely N-dealkylation sites (N-methyl/N-ethyl adjacent to an activating group) is 1. The number of benzene rings is 2. The number of nitro groups is 1. The van der Waals surface area contributed by atoms with Crippen LogP contribution in [0.3, 0.4) is 0 Å². The lowest BCUT2D eigenvalue weighted by Gasteiger charge is -2.23. The van der Waals surface area contributed by atoms with Gasteiger partial charge in [0.2, 0.25) is 11.8 Å². The van der Waals surface area contributed by atoms with Gasteiger partial charge in [-0.15, -0.1) is 0 Å². The molecule has 13 heteroatoms. The maximum absolute atomic E-state index is 13.0. The summed E-state index contributed by atoms with van der Waals surface area (Å²) in [5.74, 6) is -1.27. The van der Waals surface area contributed by atoms with Crippen LogP contribution >= 0.6 is 23.2 Å². The van der Waals surface area contributed by atoms with Crippen LogP contribution in [0.15, 0.2) is 36.4 Å². The van der Waals surface area contributed by atoms with Crippen LogP contribution in [0, 0.1) is 10.1 Å². The Morgan fingerprint density at radius 3 is 2.34 bits per heavy atom. The maximum atomic E-state index is 13.0. The van der Waals surface area contributed by atoms with E-state index in [1.807, 2.05) is 0 Å². The summed E-state index contributed by atoms with van der Waals surface area (Å²) in [4.78, 5) is 36.3. The Bertz CT molecular complexity index is 1050. The van der Waals surface area contributed by atoms with E-state index in [1.165, 1.54) is 37.1 Å². The Morgan fingerprint density at radius 1 is 1.12 bits per heavy atom. The zero-order valence-corrected chi connectivity index (χ0v) is 18.2. The van der Waals surface area contributed by atoms with Crippen LogP contribution in [0.4, 0.5) is 30.2 Å². The normalized spacial score (nSPS) is 12.4. The zero-order chi connectivity index (χ0) is 24.2. The molecule has 0 bridgehead atoms. The number of anilines is 2. The number of carbonyl (C=O) groups excluding carboxylic acids is 2. The number of rotatable bonds is 7. The first-order valence-electron chi connectivity index (χ1n) is 8.91. The van der Waals surface area contributed by atoms with Gasteiger partial charge in [-0.25, -0.2) is 0 Å². The summed E-state index contributed by atoms with van der Waals surface area (Å²) in [7, 11) is 1.45. The van der Waals surface area contributed by atoms with Crippen LogP contribution in [0.1, 0.15) is 12.5 Å². The van der Waals surface area contributed by atoms with Gasteiger partial charge in [-0.05, 0) is 38.2 Å². The molecule has 0 spiro atoms. The summed E-state index contributed by atoms with van der Waals surface area (Å²) < 4.78 is 38.9. The van der Waals surface area contributed by atoms with Crippen LogP contribution in [-0.4, -0.2) is 41.3 Å². The summed E-state index contributed by atoms with van der Waals surface area (Å²) in [6.07, 6.45) is -4.69. The minimum absolute atomic E-state index is 0.0245. The van der Waals surface area contributed by atoms with Crippen molar-refractivity contribution in [1.29, 1.82) is 0 Å². The molecule has 172 valence electrons. The number of halogens is 5. The fourth-order valence-corrected chi connectivity index (χ4v) is 2.93. The van der Waals surface area contributed by atoms with Crippen LogP contribution < -0.4 is 10.6 Å². The Hall–Kier alpha value is -2.89. The third-order valence-corrected chi connectivity index (χ3v) is 5.07. The SMILES string of the molecule is C[C@@H](C(=O)Nc1cc([N+](=O)[O-])ccc1Cl)N(C)CC(=O)Nc1ccc(Cl)c(C(F)(F)F)c1. The van der Waals surface area contributed by atoms with Gasteiger partial charge in [0.1, 0.15) is 0 Å². The number of hydrogen-bond acceptors (Lipinski definition) is 5. The number of hydrogen-bond donors (Lipinski definition) is 2. The van der Waals surface area contributed by atoms with Crippen molar-refractivity contribution >= 4 is 52.1 Å². The molecule has 0 aliphatic heterocycles. The number of carbonyl (C=O) groups is 2. The van der Waals surface area contributed by atoms with Crippen LogP contribution in [0.5, 0.6) is 0 Å². The van der Waals surface area contributed by atoms with E-state index >= 15 is 0 Å². The average Bonchev–Trinajstić information content (AvgIpc) is 2.69. The number of alkyl halides is 3. The van der Waals surface area contributed by atoms with E-state index in [0.717, 1.165) is 12.1 Å². The van der Waals surface area contributed by atoms with E-state index in [0.29, 0.717) is 6.07 Å². The highest BCUT2D eigenvalue weighted by molar-refractivity contribution is 6.33. The fourth-order valence-electron chi connectivity index (χ4n) is 2.54. The van der Waals surface area contributed by atoms with Crippen LogP contribution in [-0.2, 0) is 15.8 Å². The molecule has 32 heavy (non-hydrogen) atoms. The molecule has 0 aliphatic carbocycles. The molecule has 0 heterocycles. The molecule has 2 rings (SSSR count). The highest BCUT2D eigenvalue weighted by Gasteiger charge is 2.33. The van der Waals surface area contributed by atoms with Gasteiger partial charge in [0.15, 0.2) is 0 Å². The second-order valence-electron chi connectivity index (χ2n) is 6.74. The summed E-state index contributed by atoms with van der Waals surface area (Å²) in [5.41, 5.74) is -1.45. The highest BCUT2D eigenvalue weighted by atomic mass is 35.5. The molecule has 0 radical (unpaired) electrons. The van der Waals surface area contributed by atoms with Crippen molar-refractivity contribution in [2.45, 2.75) is 19.1 Å². The van der Waals surface area contributed by atoms with Crippen LogP contribution in [0.25, 0.3) is 0 Å². The van der Waals surface area contributed by atoms with Gasteiger partial charge in [-0.1, -0.05) is 23.2 Å². The molecule has 8 nitrogen and oxygen atoms in total. The number of amides is 2. The molecule has 2 aromatic rings. The smallest absolute Gasteiger partial charge is 0.325 e. The summed E-state index contributed by atoms with van der Waals surface area (Å²) in [5, 5.41) is 15.2. The first-order chi connectivity index (χ1) is 14.8. The third kappa shape index (κ3) is 6.55. The number of nitrogens with zero attached hydrogens (tertiary/aromatic N) is 2. The maximum Gasteiger partial charge on any atom is 0.417 e. The molecule has 0 saturated heterocycles. The van der Waals surface area contributed by atoms with E-state index in [9.17, 15) is 32.9 Å². The second-order valence-corrected chi connectivity index (χ2v) is 7.56.